The highest BCUT2D eigenvalue weighted by molar-refractivity contribution is 8.13. The molecule has 1 heterocycles. The minimum atomic E-state index is -4.49. The van der Waals surface area contributed by atoms with E-state index in [-0.39, 0.29) is 11.7 Å². The molecule has 8 nitrogen and oxygen atoms in total. The Morgan fingerprint density at radius 3 is 2.77 bits per heavy atom. The molecule has 3 N–H and O–H groups in total. The van der Waals surface area contributed by atoms with E-state index < -0.39 is 23.6 Å². The van der Waals surface area contributed by atoms with Crippen LogP contribution in [-0.2, 0) is 6.42 Å². The first-order valence-corrected chi connectivity index (χ1v) is 9.54. The summed E-state index contributed by atoms with van der Waals surface area (Å²) in [6.07, 6.45) is -0.873. The SMILES string of the molecule is CSC(C[N+](=O)[O-])=NCCCCc1csc(N(CC(F)(F)F)C(=N)N)n1. The van der Waals surface area contributed by atoms with Crippen LogP contribution in [0, 0.1) is 15.5 Å². The van der Waals surface area contributed by atoms with Crippen molar-refractivity contribution in [3.05, 3.63) is 21.2 Å². The number of nitro groups is 1. The maximum absolute atomic E-state index is 12.5. The molecular formula is C13H19F3N6O2S2. The lowest BCUT2D eigenvalue weighted by Gasteiger charge is -2.20. The largest absolute Gasteiger partial charge is 0.406 e. The van der Waals surface area contributed by atoms with Crippen molar-refractivity contribution < 1.29 is 18.1 Å². The number of nitrogens with two attached hydrogens (primary N) is 1. The fraction of sp³-hybridized carbons (Fsp3) is 0.615. The third kappa shape index (κ3) is 8.47. The Morgan fingerprint density at radius 2 is 2.23 bits per heavy atom. The van der Waals surface area contributed by atoms with Gasteiger partial charge in [-0.1, -0.05) is 0 Å². The molecule has 0 bridgehead atoms. The van der Waals surface area contributed by atoms with Crippen molar-refractivity contribution in [2.24, 2.45) is 10.7 Å². The Kier molecular flexibility index (Phi) is 8.78. The van der Waals surface area contributed by atoms with Crippen LogP contribution >= 0.6 is 23.1 Å². The Morgan fingerprint density at radius 1 is 1.54 bits per heavy atom. The summed E-state index contributed by atoms with van der Waals surface area (Å²) in [7, 11) is 0. The molecule has 0 saturated heterocycles. The second-order valence-electron chi connectivity index (χ2n) is 5.14. The number of thiazole rings is 1. The summed E-state index contributed by atoms with van der Waals surface area (Å²) in [4.78, 5) is 18.9. The van der Waals surface area contributed by atoms with Crippen molar-refractivity contribution in [3.8, 4) is 0 Å². The minimum absolute atomic E-state index is 0.0264. The van der Waals surface area contributed by atoms with Crippen LogP contribution in [0.25, 0.3) is 0 Å². The minimum Gasteiger partial charge on any atom is -0.370 e. The first-order valence-electron chi connectivity index (χ1n) is 7.44. The van der Waals surface area contributed by atoms with Gasteiger partial charge in [0, 0.05) is 16.8 Å². The van der Waals surface area contributed by atoms with E-state index in [1.54, 1.807) is 11.6 Å². The summed E-state index contributed by atoms with van der Waals surface area (Å²) in [5, 5.41) is 19.8. The number of thioether (sulfide) groups is 1. The maximum atomic E-state index is 12.5. The number of nitrogens with one attached hydrogen (secondary N) is 1. The van der Waals surface area contributed by atoms with Gasteiger partial charge in [-0.25, -0.2) is 4.98 Å². The topological polar surface area (TPSA) is 122 Å². The van der Waals surface area contributed by atoms with Gasteiger partial charge in [0.15, 0.2) is 11.1 Å². The quantitative estimate of drug-likeness (QED) is 0.211. The zero-order valence-corrected chi connectivity index (χ0v) is 15.6. The Hall–Kier alpha value is -1.89. The molecule has 1 aromatic heterocycles. The second-order valence-corrected chi connectivity index (χ2v) is 6.85. The van der Waals surface area contributed by atoms with E-state index >= 15 is 0 Å². The zero-order valence-electron chi connectivity index (χ0n) is 14.0. The predicted octanol–water partition coefficient (Wildman–Crippen LogP) is 2.77. The number of hydrogen-bond acceptors (Lipinski definition) is 7. The van der Waals surface area contributed by atoms with Crippen LogP contribution in [0.4, 0.5) is 18.3 Å². The van der Waals surface area contributed by atoms with Gasteiger partial charge in [-0.3, -0.25) is 25.4 Å². The molecule has 0 aliphatic carbocycles. The first kappa shape index (κ1) is 22.2. The van der Waals surface area contributed by atoms with Crippen LogP contribution in [0.3, 0.4) is 0 Å². The van der Waals surface area contributed by atoms with Crippen LogP contribution in [0.5, 0.6) is 0 Å². The summed E-state index contributed by atoms with van der Waals surface area (Å²) in [5.74, 6) is -0.715. The molecule has 0 atom stereocenters. The normalized spacial score (nSPS) is 12.2. The van der Waals surface area contributed by atoms with Gasteiger partial charge in [-0.2, -0.15) is 13.2 Å². The highest BCUT2D eigenvalue weighted by Gasteiger charge is 2.33. The molecule has 1 rings (SSSR count). The van der Waals surface area contributed by atoms with Gasteiger partial charge in [0.05, 0.1) is 5.69 Å². The summed E-state index contributed by atoms with van der Waals surface area (Å²) in [6, 6.07) is 0. The number of unbranched alkanes of at least 4 members (excludes halogenated alkanes) is 1. The van der Waals surface area contributed by atoms with Crippen molar-refractivity contribution in [2.75, 3.05) is 30.8 Å². The van der Waals surface area contributed by atoms with E-state index in [1.807, 2.05) is 0 Å². The van der Waals surface area contributed by atoms with E-state index in [1.165, 1.54) is 11.8 Å². The molecule has 0 unspecified atom stereocenters. The highest BCUT2D eigenvalue weighted by atomic mass is 32.2. The van der Waals surface area contributed by atoms with Crippen LogP contribution in [0.1, 0.15) is 18.5 Å². The zero-order chi connectivity index (χ0) is 19.7. The van der Waals surface area contributed by atoms with Crippen molar-refractivity contribution in [1.82, 2.24) is 4.98 Å². The van der Waals surface area contributed by atoms with Gasteiger partial charge < -0.3 is 5.73 Å². The standard InChI is InChI=1S/C13H19F3N6O2S2/c1-25-10(6-22(23)24)19-5-3-2-4-9-7-26-12(20-9)21(11(17)18)8-13(14,15)16/h7H,2-6,8H2,1H3,(H3,17,18). The van der Waals surface area contributed by atoms with Crippen molar-refractivity contribution in [2.45, 2.75) is 25.4 Å². The van der Waals surface area contributed by atoms with E-state index in [2.05, 4.69) is 9.98 Å². The number of aromatic nitrogens is 1. The lowest BCUT2D eigenvalue weighted by molar-refractivity contribution is -0.462. The monoisotopic (exact) mass is 412 g/mol. The van der Waals surface area contributed by atoms with Gasteiger partial charge in [0.1, 0.15) is 11.6 Å². The molecule has 0 aliphatic heterocycles. The molecule has 13 heteroatoms. The number of aryl methyl sites for hydroxylation is 1. The molecule has 0 amide bonds. The Balaban J connectivity index is 2.52. The molecule has 0 radical (unpaired) electrons. The van der Waals surface area contributed by atoms with Gasteiger partial charge in [-0.15, -0.1) is 23.1 Å². The summed E-state index contributed by atoms with van der Waals surface area (Å²) in [5.41, 5.74) is 5.82. The summed E-state index contributed by atoms with van der Waals surface area (Å²) < 4.78 is 37.6. The first-order chi connectivity index (χ1) is 12.1. The van der Waals surface area contributed by atoms with Crippen molar-refractivity contribution in [3.63, 3.8) is 0 Å². The van der Waals surface area contributed by atoms with E-state index in [4.69, 9.17) is 11.1 Å². The summed E-state index contributed by atoms with van der Waals surface area (Å²) >= 11 is 2.23. The lowest BCUT2D eigenvalue weighted by atomic mass is 10.2. The van der Waals surface area contributed by atoms with Crippen LogP contribution < -0.4 is 10.6 Å². The van der Waals surface area contributed by atoms with Gasteiger partial charge >= 0.3 is 6.18 Å². The van der Waals surface area contributed by atoms with Crippen molar-refractivity contribution >= 4 is 39.2 Å². The Bertz CT molecular complexity index is 650. The summed E-state index contributed by atoms with van der Waals surface area (Å²) in [6.45, 7) is -1.22. The lowest BCUT2D eigenvalue weighted by Crippen LogP contribution is -2.42. The number of nitrogens with zero attached hydrogens (tertiary/aromatic N) is 4. The number of hydrogen-bond donors (Lipinski definition) is 2. The molecule has 0 aliphatic rings. The predicted molar refractivity (Wildman–Crippen MR) is 98.0 cm³/mol. The van der Waals surface area contributed by atoms with E-state index in [9.17, 15) is 23.3 Å². The maximum Gasteiger partial charge on any atom is 0.406 e. The number of rotatable bonds is 9. The van der Waals surface area contributed by atoms with Crippen molar-refractivity contribution in [1.29, 1.82) is 5.41 Å². The Labute approximate surface area is 156 Å². The number of anilines is 1. The molecular weight excluding hydrogens is 393 g/mol. The third-order valence-electron chi connectivity index (χ3n) is 3.03. The fourth-order valence-corrected chi connectivity index (χ4v) is 3.21. The smallest absolute Gasteiger partial charge is 0.370 e. The molecule has 146 valence electrons. The van der Waals surface area contributed by atoms with E-state index in [0.29, 0.717) is 41.4 Å². The molecule has 0 fully saturated rings. The highest BCUT2D eigenvalue weighted by Crippen LogP contribution is 2.25. The van der Waals surface area contributed by atoms with Gasteiger partial charge in [0.2, 0.25) is 0 Å². The fourth-order valence-electron chi connectivity index (χ4n) is 1.88. The molecule has 0 aromatic carbocycles. The molecule has 26 heavy (non-hydrogen) atoms. The van der Waals surface area contributed by atoms with Crippen LogP contribution in [-0.4, -0.2) is 53.0 Å². The molecule has 0 spiro atoms. The number of halogens is 3. The third-order valence-corrected chi connectivity index (χ3v) is 4.67. The number of aliphatic imine (C=N–C) groups is 1. The van der Waals surface area contributed by atoms with Crippen LogP contribution in [0.15, 0.2) is 10.4 Å². The number of alkyl halides is 3. The molecule has 0 saturated carbocycles. The van der Waals surface area contributed by atoms with E-state index in [0.717, 1.165) is 11.3 Å². The van der Waals surface area contributed by atoms with Gasteiger partial charge in [0.25, 0.3) is 6.54 Å². The number of guanidine groups is 1. The average Bonchev–Trinajstić information content (AvgIpc) is 2.98. The molecule has 1 aromatic rings. The van der Waals surface area contributed by atoms with Gasteiger partial charge in [-0.05, 0) is 25.5 Å². The second kappa shape index (κ2) is 10.3. The average molecular weight is 412 g/mol. The van der Waals surface area contributed by atoms with Crippen LogP contribution in [0.2, 0.25) is 0 Å².